The fraction of sp³-hybridized carbons (Fsp3) is 0.286. The molecule has 3 aromatic carbocycles. The number of nitrogens with zero attached hydrogens (tertiary/aromatic N) is 3. The van der Waals surface area contributed by atoms with Crippen LogP contribution in [-0.2, 0) is 13.5 Å². The molecular formula is C35H40N3+. The van der Waals surface area contributed by atoms with Gasteiger partial charge in [0.1, 0.15) is 12.4 Å². The topological polar surface area (TPSA) is 13.7 Å². The van der Waals surface area contributed by atoms with E-state index in [0.717, 1.165) is 12.1 Å². The minimum absolute atomic E-state index is 0.356. The summed E-state index contributed by atoms with van der Waals surface area (Å²) >= 11 is 0. The van der Waals surface area contributed by atoms with Crippen LogP contribution < -0.4 is 4.57 Å². The third-order valence-corrected chi connectivity index (χ3v) is 7.88. The lowest BCUT2D eigenvalue weighted by molar-refractivity contribution is -0.659. The van der Waals surface area contributed by atoms with E-state index in [-0.39, 0.29) is 0 Å². The molecule has 0 aliphatic rings. The van der Waals surface area contributed by atoms with Crippen molar-refractivity contribution in [3.63, 3.8) is 0 Å². The number of aryl methyl sites for hydroxylation is 1. The van der Waals surface area contributed by atoms with E-state index in [9.17, 15) is 0 Å². The lowest BCUT2D eigenvalue weighted by atomic mass is 9.89. The molecular weight excluding hydrogens is 462 g/mol. The largest absolute Gasteiger partial charge is 0.295 e. The third kappa shape index (κ3) is 4.86. The first kappa shape index (κ1) is 25.8. The normalized spacial score (nSPS) is 12.4. The van der Waals surface area contributed by atoms with E-state index < -0.39 is 0 Å². The molecule has 0 saturated heterocycles. The van der Waals surface area contributed by atoms with Crippen LogP contribution in [0.3, 0.4) is 0 Å². The van der Waals surface area contributed by atoms with Crippen molar-refractivity contribution in [3.05, 3.63) is 115 Å². The van der Waals surface area contributed by atoms with Gasteiger partial charge in [0.15, 0.2) is 0 Å². The summed E-state index contributed by atoms with van der Waals surface area (Å²) in [6.07, 6.45) is 5.48. The Kier molecular flexibility index (Phi) is 7.37. The summed E-state index contributed by atoms with van der Waals surface area (Å²) in [5, 5.41) is 0. The molecule has 0 amide bonds. The number of benzene rings is 3. The Morgan fingerprint density at radius 1 is 0.763 bits per heavy atom. The van der Waals surface area contributed by atoms with Gasteiger partial charge in [-0.1, -0.05) is 101 Å². The van der Waals surface area contributed by atoms with Crippen LogP contribution in [0.25, 0.3) is 34.2 Å². The maximum atomic E-state index is 2.44. The van der Waals surface area contributed by atoms with Crippen LogP contribution in [0.2, 0.25) is 0 Å². The summed E-state index contributed by atoms with van der Waals surface area (Å²) in [5.74, 6) is 4.00. The standard InChI is InChI=1S/C35H40N3/c1-25(2)27(5)23-29-17-13-14-20-31(29)34-36(6)21-22-37(34)35-32(26(3)4)24-33(28-15-9-7-10-16-28)38(35)30-18-11-8-12-19-30/h7-22,24-27H,23H2,1-6H3/q+1/t27-/m0/s1. The van der Waals surface area contributed by atoms with Gasteiger partial charge in [-0.25, -0.2) is 4.57 Å². The zero-order valence-corrected chi connectivity index (χ0v) is 23.6. The van der Waals surface area contributed by atoms with Gasteiger partial charge in [0, 0.05) is 11.3 Å². The average Bonchev–Trinajstić information content (AvgIpc) is 3.51. The van der Waals surface area contributed by atoms with Crippen molar-refractivity contribution >= 4 is 0 Å². The summed E-state index contributed by atoms with van der Waals surface area (Å²) in [4.78, 5) is 0. The lowest BCUT2D eigenvalue weighted by Crippen LogP contribution is -2.30. The monoisotopic (exact) mass is 502 g/mol. The molecule has 0 aliphatic heterocycles. The second-order valence-electron chi connectivity index (χ2n) is 11.2. The second kappa shape index (κ2) is 10.9. The van der Waals surface area contributed by atoms with Gasteiger partial charge in [-0.3, -0.25) is 4.57 Å². The highest BCUT2D eigenvalue weighted by Gasteiger charge is 2.30. The minimum atomic E-state index is 0.356. The molecule has 5 aromatic rings. The highest BCUT2D eigenvalue weighted by molar-refractivity contribution is 5.71. The van der Waals surface area contributed by atoms with Crippen molar-refractivity contribution in [1.29, 1.82) is 0 Å². The van der Waals surface area contributed by atoms with Crippen LogP contribution in [0, 0.1) is 11.8 Å². The maximum absolute atomic E-state index is 2.44. The Bertz CT molecular complexity index is 1500. The lowest BCUT2D eigenvalue weighted by Gasteiger charge is -2.18. The molecule has 0 unspecified atom stereocenters. The summed E-state index contributed by atoms with van der Waals surface area (Å²) < 4.78 is 7.12. The SMILES string of the molecule is CC(C)c1cc(-c2ccccc2)n(-c2ccccc2)c1-n1cc[n+](C)c1-c1ccccc1C[C@H](C)C(C)C. The molecule has 0 fully saturated rings. The number of hydrogen-bond acceptors (Lipinski definition) is 0. The molecule has 0 bridgehead atoms. The highest BCUT2D eigenvalue weighted by atomic mass is 15.2. The van der Waals surface area contributed by atoms with Crippen LogP contribution in [0.5, 0.6) is 0 Å². The van der Waals surface area contributed by atoms with E-state index in [0.29, 0.717) is 17.8 Å². The summed E-state index contributed by atoms with van der Waals surface area (Å²) in [6.45, 7) is 11.6. The Morgan fingerprint density at radius 3 is 2.05 bits per heavy atom. The number of aromatic nitrogens is 3. The van der Waals surface area contributed by atoms with Crippen LogP contribution in [0.15, 0.2) is 103 Å². The minimum Gasteiger partial charge on any atom is -0.276 e. The van der Waals surface area contributed by atoms with Gasteiger partial charge in [0.05, 0.1) is 18.3 Å². The van der Waals surface area contributed by atoms with Crippen LogP contribution in [0.1, 0.15) is 51.7 Å². The van der Waals surface area contributed by atoms with Crippen LogP contribution >= 0.6 is 0 Å². The molecule has 3 nitrogen and oxygen atoms in total. The van der Waals surface area contributed by atoms with E-state index in [1.54, 1.807) is 0 Å². The fourth-order valence-electron chi connectivity index (χ4n) is 5.32. The van der Waals surface area contributed by atoms with Crippen molar-refractivity contribution < 1.29 is 4.57 Å². The summed E-state index contributed by atoms with van der Waals surface area (Å²) in [5.41, 5.74) is 7.62. The molecule has 0 radical (unpaired) electrons. The first-order valence-corrected chi connectivity index (χ1v) is 13.9. The molecule has 5 rings (SSSR count). The second-order valence-corrected chi connectivity index (χ2v) is 11.2. The van der Waals surface area contributed by atoms with Gasteiger partial charge in [-0.2, -0.15) is 4.57 Å². The predicted octanol–water partition coefficient (Wildman–Crippen LogP) is 8.38. The molecule has 38 heavy (non-hydrogen) atoms. The number of rotatable bonds is 8. The van der Waals surface area contributed by atoms with Gasteiger partial charge in [-0.05, 0) is 59.6 Å². The van der Waals surface area contributed by atoms with E-state index in [1.807, 2.05) is 0 Å². The van der Waals surface area contributed by atoms with E-state index >= 15 is 0 Å². The summed E-state index contributed by atoms with van der Waals surface area (Å²) in [6, 6.07) is 32.9. The molecule has 0 saturated carbocycles. The fourth-order valence-corrected chi connectivity index (χ4v) is 5.32. The predicted molar refractivity (Wildman–Crippen MR) is 159 cm³/mol. The molecule has 1 atom stereocenters. The number of imidazole rings is 1. The van der Waals surface area contributed by atoms with Gasteiger partial charge in [-0.15, -0.1) is 0 Å². The molecule has 0 N–H and O–H groups in total. The van der Waals surface area contributed by atoms with Gasteiger partial charge >= 0.3 is 0 Å². The zero-order valence-electron chi connectivity index (χ0n) is 23.6. The zero-order chi connectivity index (χ0) is 26.8. The average molecular weight is 503 g/mol. The van der Waals surface area contributed by atoms with Crippen molar-refractivity contribution in [3.8, 4) is 34.2 Å². The molecule has 194 valence electrons. The van der Waals surface area contributed by atoms with Crippen molar-refractivity contribution in [2.45, 2.75) is 47.0 Å². The summed E-state index contributed by atoms with van der Waals surface area (Å²) in [7, 11) is 2.16. The van der Waals surface area contributed by atoms with Gasteiger partial charge in [0.25, 0.3) is 5.82 Å². The Labute approximate surface area is 228 Å². The highest BCUT2D eigenvalue weighted by Crippen LogP contribution is 2.37. The maximum Gasteiger partial charge on any atom is 0.295 e. The van der Waals surface area contributed by atoms with Crippen molar-refractivity contribution in [1.82, 2.24) is 9.13 Å². The first-order chi connectivity index (χ1) is 18.4. The van der Waals surface area contributed by atoms with Crippen LogP contribution in [0.4, 0.5) is 0 Å². The van der Waals surface area contributed by atoms with Gasteiger partial charge < -0.3 is 0 Å². The van der Waals surface area contributed by atoms with Gasteiger partial charge in [0.2, 0.25) is 5.82 Å². The Hall–Kier alpha value is -3.85. The van der Waals surface area contributed by atoms with Crippen LogP contribution in [-0.4, -0.2) is 9.13 Å². The first-order valence-electron chi connectivity index (χ1n) is 13.9. The Morgan fingerprint density at radius 2 is 1.39 bits per heavy atom. The molecule has 2 aromatic heterocycles. The molecule has 0 aliphatic carbocycles. The molecule has 0 spiro atoms. The molecule has 2 heterocycles. The van der Waals surface area contributed by atoms with Crippen molar-refractivity contribution in [2.24, 2.45) is 18.9 Å². The third-order valence-electron chi connectivity index (χ3n) is 7.88. The molecule has 3 heteroatoms. The van der Waals surface area contributed by atoms with E-state index in [1.165, 1.54) is 39.6 Å². The quantitative estimate of drug-likeness (QED) is 0.189. The number of hydrogen-bond donors (Lipinski definition) is 0. The van der Waals surface area contributed by atoms with E-state index in [4.69, 9.17) is 0 Å². The van der Waals surface area contributed by atoms with E-state index in [2.05, 4.69) is 159 Å². The van der Waals surface area contributed by atoms with Crippen molar-refractivity contribution in [2.75, 3.05) is 0 Å². The smallest absolute Gasteiger partial charge is 0.276 e. The Balaban J connectivity index is 1.80. The number of para-hydroxylation sites is 1.